The Morgan fingerprint density at radius 2 is 2.50 bits per heavy atom. The molecule has 0 spiro atoms. The summed E-state index contributed by atoms with van der Waals surface area (Å²) in [7, 11) is 0. The number of hydrogen-bond donors (Lipinski definition) is 2. The number of hydrogen-bond acceptors (Lipinski definition) is 5. The summed E-state index contributed by atoms with van der Waals surface area (Å²) in [6, 6.07) is 0. The molecule has 3 N–H and O–H groups in total. The van der Waals surface area contributed by atoms with E-state index >= 15 is 0 Å². The molecule has 0 bridgehead atoms. The van der Waals surface area contributed by atoms with E-state index in [1.165, 1.54) is 0 Å². The topological polar surface area (TPSA) is 76.7 Å². The number of nitrogens with one attached hydrogen (secondary N) is 1. The van der Waals surface area contributed by atoms with Gasteiger partial charge in [0, 0.05) is 11.8 Å². The summed E-state index contributed by atoms with van der Waals surface area (Å²) in [5.74, 6) is 0.201. The lowest BCUT2D eigenvalue weighted by atomic mass is 10.1. The van der Waals surface area contributed by atoms with Crippen LogP contribution in [0.5, 0.6) is 0 Å². The molecule has 1 atom stereocenters. The first-order valence-corrected chi connectivity index (χ1v) is 6.28. The molecule has 0 aromatic heterocycles. The van der Waals surface area contributed by atoms with Gasteiger partial charge in [-0.05, 0) is 5.92 Å². The number of carbonyl (C=O) groups is 1. The van der Waals surface area contributed by atoms with Gasteiger partial charge in [-0.25, -0.2) is 0 Å². The molecule has 6 heteroatoms. The minimum absolute atomic E-state index is 0.0179. The number of nitrogens with zero attached hydrogens (tertiary/aromatic N) is 1. The molecule has 0 saturated carbocycles. The number of amidine groups is 1. The van der Waals surface area contributed by atoms with Crippen molar-refractivity contribution >= 4 is 22.8 Å². The maximum atomic E-state index is 10.4. The molecule has 0 aliphatic carbocycles. The molecule has 0 saturated heterocycles. The van der Waals surface area contributed by atoms with Crippen molar-refractivity contribution in [1.82, 2.24) is 5.32 Å². The lowest BCUT2D eigenvalue weighted by Crippen LogP contribution is -2.26. The van der Waals surface area contributed by atoms with Crippen molar-refractivity contribution in [3.8, 4) is 0 Å². The van der Waals surface area contributed by atoms with E-state index in [0.29, 0.717) is 24.3 Å². The van der Waals surface area contributed by atoms with E-state index in [0.717, 1.165) is 11.7 Å². The van der Waals surface area contributed by atoms with Gasteiger partial charge in [-0.3, -0.25) is 9.79 Å². The molecule has 1 aliphatic rings. The zero-order valence-electron chi connectivity index (χ0n) is 9.73. The van der Waals surface area contributed by atoms with Gasteiger partial charge < -0.3 is 15.8 Å². The fourth-order valence-corrected chi connectivity index (χ4v) is 2.28. The minimum Gasteiger partial charge on any atom is -0.370 e. The quantitative estimate of drug-likeness (QED) is 0.656. The third-order valence-electron chi connectivity index (χ3n) is 2.19. The molecule has 1 amide bonds. The Balaban J connectivity index is 2.05. The molecule has 0 aromatic carbocycles. The highest BCUT2D eigenvalue weighted by atomic mass is 32.2. The maximum absolute atomic E-state index is 10.4. The molecule has 0 fully saturated rings. The summed E-state index contributed by atoms with van der Waals surface area (Å²) >= 11 is 1.77. The predicted octanol–water partition coefficient (Wildman–Crippen LogP) is 0.205. The molecule has 16 heavy (non-hydrogen) atoms. The van der Waals surface area contributed by atoms with Crippen LogP contribution in [0.4, 0.5) is 0 Å². The number of rotatable bonds is 6. The molecule has 92 valence electrons. The lowest BCUT2D eigenvalue weighted by molar-refractivity contribution is -0.122. The van der Waals surface area contributed by atoms with Crippen LogP contribution in [0.25, 0.3) is 0 Å². The number of carbonyl (C=O) groups excluding carboxylic acids is 1. The second kappa shape index (κ2) is 6.75. The minimum atomic E-state index is -0.438. The van der Waals surface area contributed by atoms with Gasteiger partial charge in [-0.1, -0.05) is 25.6 Å². The molecule has 1 aliphatic heterocycles. The predicted molar refractivity (Wildman–Crippen MR) is 66.5 cm³/mol. The van der Waals surface area contributed by atoms with Gasteiger partial charge >= 0.3 is 0 Å². The van der Waals surface area contributed by atoms with E-state index in [-0.39, 0.29) is 6.61 Å². The Morgan fingerprint density at radius 3 is 3.06 bits per heavy atom. The number of thioether (sulfide) groups is 1. The van der Waals surface area contributed by atoms with E-state index in [1.807, 2.05) is 0 Å². The standard InChI is InChI=1S/C10H19N3O2S/c1-7(2)8-5-13-10(16-8)12-3-4-15-6-9(11)14/h7-8H,3-6H2,1-2H3,(H2,11,14)(H,12,13). The summed E-state index contributed by atoms with van der Waals surface area (Å²) in [6.45, 7) is 6.39. The van der Waals surface area contributed by atoms with Crippen LogP contribution >= 0.6 is 11.8 Å². The van der Waals surface area contributed by atoms with Crippen LogP contribution in [0, 0.1) is 5.92 Å². The van der Waals surface area contributed by atoms with E-state index in [1.54, 1.807) is 11.8 Å². The zero-order valence-corrected chi connectivity index (χ0v) is 10.5. The van der Waals surface area contributed by atoms with Gasteiger partial charge in [0.15, 0.2) is 5.17 Å². The van der Waals surface area contributed by atoms with Crippen LogP contribution < -0.4 is 11.1 Å². The highest BCUT2D eigenvalue weighted by Gasteiger charge is 2.21. The smallest absolute Gasteiger partial charge is 0.243 e. The molecule has 1 rings (SSSR count). The van der Waals surface area contributed by atoms with Crippen LogP contribution in [0.1, 0.15) is 13.8 Å². The van der Waals surface area contributed by atoms with Gasteiger partial charge in [0.05, 0.1) is 13.2 Å². The summed E-state index contributed by atoms with van der Waals surface area (Å²) in [6.07, 6.45) is 0. The first-order chi connectivity index (χ1) is 7.59. The van der Waals surface area contributed by atoms with E-state index in [2.05, 4.69) is 24.2 Å². The van der Waals surface area contributed by atoms with Gasteiger partial charge in [0.1, 0.15) is 6.61 Å². The molecule has 0 aromatic rings. The van der Waals surface area contributed by atoms with E-state index in [4.69, 9.17) is 10.5 Å². The van der Waals surface area contributed by atoms with Crippen molar-refractivity contribution in [3.05, 3.63) is 0 Å². The second-order valence-corrected chi connectivity index (χ2v) is 5.22. The Labute approximate surface area is 100 Å². The Bertz CT molecular complexity index is 269. The third kappa shape index (κ3) is 4.85. The van der Waals surface area contributed by atoms with Crippen LogP contribution in [0.2, 0.25) is 0 Å². The average Bonchev–Trinajstić information content (AvgIpc) is 2.65. The fourth-order valence-electron chi connectivity index (χ4n) is 1.24. The largest absolute Gasteiger partial charge is 0.370 e. The zero-order chi connectivity index (χ0) is 12.0. The highest BCUT2D eigenvalue weighted by molar-refractivity contribution is 8.14. The van der Waals surface area contributed by atoms with Gasteiger partial charge in [0.25, 0.3) is 0 Å². The Hall–Kier alpha value is -0.750. The lowest BCUT2D eigenvalue weighted by Gasteiger charge is -2.12. The monoisotopic (exact) mass is 245 g/mol. The van der Waals surface area contributed by atoms with Crippen molar-refractivity contribution in [2.24, 2.45) is 16.6 Å². The molecule has 1 heterocycles. The Kier molecular flexibility index (Phi) is 5.62. The van der Waals surface area contributed by atoms with Crippen molar-refractivity contribution in [2.75, 3.05) is 26.3 Å². The normalized spacial score (nSPS) is 19.9. The molecule has 1 unspecified atom stereocenters. The highest BCUT2D eigenvalue weighted by Crippen LogP contribution is 2.25. The third-order valence-corrected chi connectivity index (χ3v) is 3.68. The van der Waals surface area contributed by atoms with Crippen LogP contribution in [-0.2, 0) is 9.53 Å². The van der Waals surface area contributed by atoms with E-state index in [9.17, 15) is 4.79 Å². The van der Waals surface area contributed by atoms with E-state index < -0.39 is 5.91 Å². The SMILES string of the molecule is CC(C)C1CN=C(NCCOCC(N)=O)S1. The number of ether oxygens (including phenoxy) is 1. The Morgan fingerprint density at radius 1 is 1.75 bits per heavy atom. The molecule has 0 radical (unpaired) electrons. The van der Waals surface area contributed by atoms with Crippen molar-refractivity contribution in [1.29, 1.82) is 0 Å². The van der Waals surface area contributed by atoms with Crippen molar-refractivity contribution in [3.63, 3.8) is 0 Å². The van der Waals surface area contributed by atoms with Crippen molar-refractivity contribution < 1.29 is 9.53 Å². The van der Waals surface area contributed by atoms with Gasteiger partial charge in [0.2, 0.25) is 5.91 Å². The maximum Gasteiger partial charge on any atom is 0.243 e. The first-order valence-electron chi connectivity index (χ1n) is 5.40. The summed E-state index contributed by atoms with van der Waals surface area (Å²) in [4.78, 5) is 14.8. The summed E-state index contributed by atoms with van der Waals surface area (Å²) in [5.41, 5.74) is 4.94. The fraction of sp³-hybridized carbons (Fsp3) is 0.800. The summed E-state index contributed by atoms with van der Waals surface area (Å²) in [5, 5.41) is 4.73. The molecule has 5 nitrogen and oxygen atoms in total. The number of aliphatic imine (C=N–C) groups is 1. The van der Waals surface area contributed by atoms with Gasteiger partial charge in [-0.2, -0.15) is 0 Å². The van der Waals surface area contributed by atoms with Gasteiger partial charge in [-0.15, -0.1) is 0 Å². The number of amides is 1. The average molecular weight is 245 g/mol. The second-order valence-electron chi connectivity index (χ2n) is 3.99. The number of primary amides is 1. The molecular formula is C10H19N3O2S. The number of nitrogens with two attached hydrogens (primary N) is 1. The van der Waals surface area contributed by atoms with Crippen LogP contribution in [0.3, 0.4) is 0 Å². The first kappa shape index (κ1) is 13.3. The van der Waals surface area contributed by atoms with Crippen LogP contribution in [-0.4, -0.2) is 42.6 Å². The van der Waals surface area contributed by atoms with Crippen LogP contribution in [0.15, 0.2) is 4.99 Å². The van der Waals surface area contributed by atoms with Crippen molar-refractivity contribution in [2.45, 2.75) is 19.1 Å². The summed E-state index contributed by atoms with van der Waals surface area (Å²) < 4.78 is 5.03. The molecular weight excluding hydrogens is 226 g/mol.